The number of hydrogen-bond donors (Lipinski definition) is 0. The molecule has 0 saturated carbocycles. The quantitative estimate of drug-likeness (QED) is 0.434. The van der Waals surface area contributed by atoms with E-state index in [2.05, 4.69) is 20.9 Å². The fourth-order valence-corrected chi connectivity index (χ4v) is 4.16. The molecule has 1 amide bonds. The zero-order chi connectivity index (χ0) is 20.1. The molecule has 1 unspecified atom stereocenters. The van der Waals surface area contributed by atoms with Crippen LogP contribution in [0.25, 0.3) is 11.0 Å². The molecule has 0 saturated heterocycles. The molecule has 1 aliphatic heterocycles. The molecule has 3 heterocycles. The van der Waals surface area contributed by atoms with Crippen molar-refractivity contribution in [3.63, 3.8) is 0 Å². The van der Waals surface area contributed by atoms with Crippen LogP contribution in [0.1, 0.15) is 33.4 Å². The molecule has 4 aromatic rings. The van der Waals surface area contributed by atoms with E-state index in [0.29, 0.717) is 22.4 Å². The van der Waals surface area contributed by atoms with Gasteiger partial charge in [-0.1, -0.05) is 52.3 Å². The molecule has 29 heavy (non-hydrogen) atoms. The number of rotatable bonds is 2. The lowest BCUT2D eigenvalue weighted by Crippen LogP contribution is -2.30. The molecule has 1 aliphatic rings. The number of halogens is 1. The van der Waals surface area contributed by atoms with Gasteiger partial charge in [-0.05, 0) is 42.8 Å². The maximum atomic E-state index is 13.5. The van der Waals surface area contributed by atoms with Gasteiger partial charge in [-0.15, -0.1) is 0 Å². The Bertz CT molecular complexity index is 1330. The van der Waals surface area contributed by atoms with E-state index in [0.717, 1.165) is 15.7 Å². The summed E-state index contributed by atoms with van der Waals surface area (Å²) in [5.41, 5.74) is 2.13. The summed E-state index contributed by atoms with van der Waals surface area (Å²) >= 11 is 3.41. The summed E-state index contributed by atoms with van der Waals surface area (Å²) in [5.74, 6) is 0.191. The van der Waals surface area contributed by atoms with Crippen molar-refractivity contribution in [2.24, 2.45) is 0 Å². The molecule has 142 valence electrons. The number of hydrogen-bond acceptors (Lipinski definition) is 4. The van der Waals surface area contributed by atoms with Crippen LogP contribution in [0.5, 0.6) is 0 Å². The molecule has 2 aromatic carbocycles. The Hall–Kier alpha value is -3.25. The molecule has 0 spiro atoms. The maximum Gasteiger partial charge on any atom is 0.296 e. The van der Waals surface area contributed by atoms with Crippen molar-refractivity contribution in [1.29, 1.82) is 0 Å². The number of pyridine rings is 1. The summed E-state index contributed by atoms with van der Waals surface area (Å²) in [6, 6.07) is 19.6. The van der Waals surface area contributed by atoms with Crippen LogP contribution in [0, 0.1) is 6.92 Å². The Balaban J connectivity index is 1.84. The smallest absolute Gasteiger partial charge is 0.296 e. The second-order valence-electron chi connectivity index (χ2n) is 6.94. The highest BCUT2D eigenvalue weighted by Crippen LogP contribution is 2.40. The second-order valence-corrected chi connectivity index (χ2v) is 7.86. The van der Waals surface area contributed by atoms with E-state index >= 15 is 0 Å². The molecule has 1 atom stereocenters. The Morgan fingerprint density at radius 2 is 1.79 bits per heavy atom. The van der Waals surface area contributed by atoms with E-state index in [-0.39, 0.29) is 17.1 Å². The summed E-state index contributed by atoms with van der Waals surface area (Å²) in [6.45, 7) is 1.87. The van der Waals surface area contributed by atoms with Crippen LogP contribution in [0.4, 0.5) is 5.82 Å². The molecule has 0 aliphatic carbocycles. The maximum absolute atomic E-state index is 13.5. The number of aryl methyl sites for hydroxylation is 1. The number of carbonyl (C=O) groups excluding carboxylic acids is 1. The fourth-order valence-electron chi connectivity index (χ4n) is 3.79. The first kappa shape index (κ1) is 17.8. The first-order valence-electron chi connectivity index (χ1n) is 9.13. The third kappa shape index (κ3) is 2.79. The Morgan fingerprint density at radius 3 is 2.55 bits per heavy atom. The normalized spacial score (nSPS) is 15.7. The van der Waals surface area contributed by atoms with Crippen molar-refractivity contribution >= 4 is 38.6 Å². The largest absolute Gasteiger partial charge is 0.450 e. The van der Waals surface area contributed by atoms with Crippen LogP contribution < -0.4 is 10.3 Å². The number of carbonyl (C=O) groups is 1. The van der Waals surface area contributed by atoms with E-state index < -0.39 is 6.04 Å². The number of nitrogens with zero attached hydrogens (tertiary/aromatic N) is 2. The van der Waals surface area contributed by atoms with Gasteiger partial charge in [0.2, 0.25) is 5.76 Å². The monoisotopic (exact) mass is 446 g/mol. The van der Waals surface area contributed by atoms with Gasteiger partial charge in [0, 0.05) is 10.2 Å². The molecule has 5 nitrogen and oxygen atoms in total. The minimum Gasteiger partial charge on any atom is -0.450 e. The summed E-state index contributed by atoms with van der Waals surface area (Å²) in [5, 5.41) is 0.436. The lowest BCUT2D eigenvalue weighted by Gasteiger charge is -2.24. The van der Waals surface area contributed by atoms with E-state index in [4.69, 9.17) is 4.42 Å². The highest BCUT2D eigenvalue weighted by Gasteiger charge is 2.44. The van der Waals surface area contributed by atoms with E-state index in [1.54, 1.807) is 29.2 Å². The highest BCUT2D eigenvalue weighted by atomic mass is 79.9. The van der Waals surface area contributed by atoms with Gasteiger partial charge >= 0.3 is 0 Å². The number of aromatic nitrogens is 1. The fraction of sp³-hybridized carbons (Fsp3) is 0.0870. The van der Waals surface area contributed by atoms with Gasteiger partial charge in [-0.2, -0.15) is 0 Å². The predicted molar refractivity (Wildman–Crippen MR) is 114 cm³/mol. The highest BCUT2D eigenvalue weighted by molar-refractivity contribution is 9.10. The zero-order valence-corrected chi connectivity index (χ0v) is 17.0. The molecular weight excluding hydrogens is 432 g/mol. The number of fused-ring (bicyclic) bond motifs is 2. The standard InChI is InChI=1S/C23H15BrN2O3/c1-13-6-5-9-18(25-13)26-20(14-7-3-2-4-8-14)19-21(27)16-12-15(24)10-11-17(16)29-22(19)23(26)28/h2-12,20H,1H3. The minimum absolute atomic E-state index is 0.0713. The van der Waals surface area contributed by atoms with Crippen LogP contribution in [0.3, 0.4) is 0 Å². The topological polar surface area (TPSA) is 63.4 Å². The molecule has 0 radical (unpaired) electrons. The average molecular weight is 447 g/mol. The van der Waals surface area contributed by atoms with E-state index in [9.17, 15) is 9.59 Å². The van der Waals surface area contributed by atoms with Crippen LogP contribution in [0.15, 0.2) is 80.4 Å². The summed E-state index contributed by atoms with van der Waals surface area (Å²) < 4.78 is 6.72. The van der Waals surface area contributed by atoms with Crippen LogP contribution in [0.2, 0.25) is 0 Å². The lowest BCUT2D eigenvalue weighted by atomic mass is 9.98. The Kier molecular flexibility index (Phi) is 4.10. The third-order valence-corrected chi connectivity index (χ3v) is 5.56. The van der Waals surface area contributed by atoms with E-state index in [1.807, 2.05) is 49.4 Å². The van der Waals surface area contributed by atoms with Crippen molar-refractivity contribution in [2.75, 3.05) is 4.90 Å². The van der Waals surface area contributed by atoms with Gasteiger partial charge in [-0.3, -0.25) is 14.5 Å². The minimum atomic E-state index is -0.604. The second kappa shape index (κ2) is 6.67. The van der Waals surface area contributed by atoms with Crippen molar-refractivity contribution in [3.05, 3.63) is 104 Å². The first-order valence-corrected chi connectivity index (χ1v) is 9.92. The van der Waals surface area contributed by atoms with Crippen molar-refractivity contribution in [1.82, 2.24) is 4.98 Å². The van der Waals surface area contributed by atoms with Crippen molar-refractivity contribution in [3.8, 4) is 0 Å². The Labute approximate surface area is 174 Å². The van der Waals surface area contributed by atoms with Gasteiger partial charge in [-0.25, -0.2) is 4.98 Å². The van der Waals surface area contributed by atoms with Crippen molar-refractivity contribution < 1.29 is 9.21 Å². The van der Waals surface area contributed by atoms with Gasteiger partial charge in [0.25, 0.3) is 5.91 Å². The summed E-state index contributed by atoms with van der Waals surface area (Å²) in [7, 11) is 0. The predicted octanol–water partition coefficient (Wildman–Crippen LogP) is 5.01. The van der Waals surface area contributed by atoms with Crippen LogP contribution in [-0.2, 0) is 0 Å². The Morgan fingerprint density at radius 1 is 1.00 bits per heavy atom. The molecular formula is C23H15BrN2O3. The average Bonchev–Trinajstić information content (AvgIpc) is 3.02. The van der Waals surface area contributed by atoms with Gasteiger partial charge in [0.1, 0.15) is 11.4 Å². The molecule has 2 aromatic heterocycles. The molecule has 5 rings (SSSR count). The molecule has 6 heteroatoms. The summed E-state index contributed by atoms with van der Waals surface area (Å²) in [6.07, 6.45) is 0. The van der Waals surface area contributed by atoms with Crippen LogP contribution >= 0.6 is 15.9 Å². The molecule has 0 fully saturated rings. The molecule has 0 N–H and O–H groups in total. The van der Waals surface area contributed by atoms with Crippen LogP contribution in [-0.4, -0.2) is 10.9 Å². The van der Waals surface area contributed by atoms with Gasteiger partial charge < -0.3 is 4.42 Å². The van der Waals surface area contributed by atoms with Gasteiger partial charge in [0.05, 0.1) is 17.0 Å². The third-order valence-electron chi connectivity index (χ3n) is 5.07. The van der Waals surface area contributed by atoms with Gasteiger partial charge in [0.15, 0.2) is 5.43 Å². The van der Waals surface area contributed by atoms with Crippen molar-refractivity contribution in [2.45, 2.75) is 13.0 Å². The lowest BCUT2D eigenvalue weighted by molar-refractivity contribution is 0.0970. The number of anilines is 1. The zero-order valence-electron chi connectivity index (χ0n) is 15.4. The SMILES string of the molecule is Cc1cccc(N2C(=O)c3oc4ccc(Br)cc4c(=O)c3C2c2ccccc2)n1. The summed E-state index contributed by atoms with van der Waals surface area (Å²) in [4.78, 5) is 32.9. The number of benzene rings is 2. The first-order chi connectivity index (χ1) is 14.0. The number of amides is 1. The molecule has 0 bridgehead atoms. The van der Waals surface area contributed by atoms with E-state index in [1.165, 1.54) is 0 Å².